The summed E-state index contributed by atoms with van der Waals surface area (Å²) < 4.78 is 12.9. The molecule has 3 aromatic rings. The zero-order chi connectivity index (χ0) is 23.2. The van der Waals surface area contributed by atoms with Gasteiger partial charge in [-0.1, -0.05) is 18.2 Å². The van der Waals surface area contributed by atoms with Gasteiger partial charge in [-0.25, -0.2) is 4.68 Å². The lowest BCUT2D eigenvalue weighted by Crippen LogP contribution is -2.39. The smallest absolute Gasteiger partial charge is 0.118 e. The first-order chi connectivity index (χ1) is 16.8. The summed E-state index contributed by atoms with van der Waals surface area (Å²) in [5, 5.41) is 5.00. The molecule has 0 N–H and O–H groups in total. The fraction of sp³-hybridized carbons (Fsp3) is 0.464. The van der Waals surface area contributed by atoms with E-state index >= 15 is 0 Å². The zero-order valence-electron chi connectivity index (χ0n) is 20.2. The van der Waals surface area contributed by atoms with E-state index in [1.54, 1.807) is 7.11 Å². The van der Waals surface area contributed by atoms with Crippen LogP contribution in [0.2, 0.25) is 0 Å². The second kappa shape index (κ2) is 11.2. The number of rotatable bonds is 8. The Hall–Kier alpha value is -2.67. The van der Waals surface area contributed by atoms with Crippen molar-refractivity contribution in [3.05, 3.63) is 66.4 Å². The maximum Gasteiger partial charge on any atom is 0.118 e. The standard InChI is InChI=1S/C28H36N4O2/c1-33-27-9-7-24(8-10-27)28-25(22-32(29-28)26-5-3-2-4-6-26)21-31-15-12-23(13-16-31)11-14-30-17-19-34-20-18-30/h2-10,22-23H,11-21H2,1H3. The Morgan fingerprint density at radius 3 is 2.35 bits per heavy atom. The average Bonchev–Trinajstić information content (AvgIpc) is 3.33. The first-order valence-electron chi connectivity index (χ1n) is 12.6. The molecule has 2 aromatic carbocycles. The molecule has 0 spiro atoms. The SMILES string of the molecule is COc1ccc(-c2nn(-c3ccccc3)cc2CN2CCC(CCN3CCOCC3)CC2)cc1. The maximum absolute atomic E-state index is 5.48. The summed E-state index contributed by atoms with van der Waals surface area (Å²) in [6.07, 6.45) is 6.10. The lowest BCUT2D eigenvalue weighted by molar-refractivity contribution is 0.0334. The molecule has 2 aliphatic heterocycles. The molecule has 2 saturated heterocycles. The topological polar surface area (TPSA) is 42.8 Å². The van der Waals surface area contributed by atoms with Gasteiger partial charge in [-0.15, -0.1) is 0 Å². The monoisotopic (exact) mass is 460 g/mol. The molecule has 0 radical (unpaired) electrons. The maximum atomic E-state index is 5.48. The zero-order valence-corrected chi connectivity index (χ0v) is 20.2. The van der Waals surface area contributed by atoms with Crippen LogP contribution in [-0.4, -0.2) is 72.6 Å². The van der Waals surface area contributed by atoms with Gasteiger partial charge in [-0.05, 0) is 81.2 Å². The van der Waals surface area contributed by atoms with Gasteiger partial charge in [0.15, 0.2) is 0 Å². The predicted molar refractivity (Wildman–Crippen MR) is 135 cm³/mol. The van der Waals surface area contributed by atoms with E-state index in [4.69, 9.17) is 14.6 Å². The number of para-hydroxylation sites is 1. The Bertz CT molecular complexity index is 1020. The molecule has 6 heteroatoms. The molecular formula is C28H36N4O2. The van der Waals surface area contributed by atoms with Crippen molar-refractivity contribution in [3.8, 4) is 22.7 Å². The fourth-order valence-corrected chi connectivity index (χ4v) is 5.09. The van der Waals surface area contributed by atoms with Gasteiger partial charge in [0.05, 0.1) is 31.7 Å². The summed E-state index contributed by atoms with van der Waals surface area (Å²) in [6.45, 7) is 8.45. The summed E-state index contributed by atoms with van der Waals surface area (Å²) in [7, 11) is 1.70. The molecule has 6 nitrogen and oxygen atoms in total. The van der Waals surface area contributed by atoms with Gasteiger partial charge in [0.25, 0.3) is 0 Å². The molecule has 2 aliphatic rings. The fourth-order valence-electron chi connectivity index (χ4n) is 5.09. The van der Waals surface area contributed by atoms with Crippen molar-refractivity contribution >= 4 is 0 Å². The lowest BCUT2D eigenvalue weighted by atomic mass is 9.93. The van der Waals surface area contributed by atoms with Crippen LogP contribution in [0, 0.1) is 5.92 Å². The third-order valence-corrected chi connectivity index (χ3v) is 7.23. The number of likely N-dealkylation sites (tertiary alicyclic amines) is 1. The largest absolute Gasteiger partial charge is 0.497 e. The molecule has 0 bridgehead atoms. The molecule has 1 aromatic heterocycles. The van der Waals surface area contributed by atoms with Crippen molar-refractivity contribution in [1.82, 2.24) is 19.6 Å². The highest BCUT2D eigenvalue weighted by atomic mass is 16.5. The molecule has 0 unspecified atom stereocenters. The average molecular weight is 461 g/mol. The van der Waals surface area contributed by atoms with Crippen LogP contribution in [-0.2, 0) is 11.3 Å². The summed E-state index contributed by atoms with van der Waals surface area (Å²) in [5.74, 6) is 1.71. The van der Waals surface area contributed by atoms with Crippen molar-refractivity contribution in [2.24, 2.45) is 5.92 Å². The van der Waals surface area contributed by atoms with E-state index in [9.17, 15) is 0 Å². The first-order valence-corrected chi connectivity index (χ1v) is 12.6. The minimum atomic E-state index is 0.840. The highest BCUT2D eigenvalue weighted by Crippen LogP contribution is 2.29. The minimum Gasteiger partial charge on any atom is -0.497 e. The molecule has 3 heterocycles. The van der Waals surface area contributed by atoms with Gasteiger partial charge < -0.3 is 9.47 Å². The third-order valence-electron chi connectivity index (χ3n) is 7.23. The lowest BCUT2D eigenvalue weighted by Gasteiger charge is -2.34. The molecule has 34 heavy (non-hydrogen) atoms. The Labute approximate surface area is 203 Å². The van der Waals surface area contributed by atoms with Crippen molar-refractivity contribution < 1.29 is 9.47 Å². The normalized spacial score (nSPS) is 18.3. The van der Waals surface area contributed by atoms with E-state index in [0.29, 0.717) is 0 Å². The Morgan fingerprint density at radius 2 is 1.65 bits per heavy atom. The molecule has 0 atom stereocenters. The van der Waals surface area contributed by atoms with Gasteiger partial charge in [0, 0.05) is 37.0 Å². The van der Waals surface area contributed by atoms with E-state index in [-0.39, 0.29) is 0 Å². The first kappa shape index (κ1) is 23.1. The number of hydrogen-bond donors (Lipinski definition) is 0. The van der Waals surface area contributed by atoms with Crippen molar-refractivity contribution in [3.63, 3.8) is 0 Å². The number of aromatic nitrogens is 2. The second-order valence-corrected chi connectivity index (χ2v) is 9.47. The van der Waals surface area contributed by atoms with Crippen LogP contribution < -0.4 is 4.74 Å². The summed E-state index contributed by atoms with van der Waals surface area (Å²) >= 11 is 0. The number of hydrogen-bond acceptors (Lipinski definition) is 5. The third kappa shape index (κ3) is 5.69. The second-order valence-electron chi connectivity index (χ2n) is 9.47. The van der Waals surface area contributed by atoms with Gasteiger partial charge in [0.2, 0.25) is 0 Å². The van der Waals surface area contributed by atoms with Gasteiger partial charge in [-0.2, -0.15) is 5.10 Å². The quantitative estimate of drug-likeness (QED) is 0.496. The summed E-state index contributed by atoms with van der Waals surface area (Å²) in [5.41, 5.74) is 4.55. The van der Waals surface area contributed by atoms with Crippen LogP contribution in [0.15, 0.2) is 60.8 Å². The molecule has 0 saturated carbocycles. The van der Waals surface area contributed by atoms with Crippen LogP contribution in [0.5, 0.6) is 5.75 Å². The molecule has 2 fully saturated rings. The number of methoxy groups -OCH3 is 1. The van der Waals surface area contributed by atoms with Crippen molar-refractivity contribution in [2.75, 3.05) is 53.0 Å². The van der Waals surface area contributed by atoms with Crippen molar-refractivity contribution in [2.45, 2.75) is 25.8 Å². The molecular weight excluding hydrogens is 424 g/mol. The van der Waals surface area contributed by atoms with Gasteiger partial charge in [0.1, 0.15) is 5.75 Å². The molecule has 180 valence electrons. The van der Waals surface area contributed by atoms with Gasteiger partial charge in [-0.3, -0.25) is 9.80 Å². The Kier molecular flexibility index (Phi) is 7.59. The number of nitrogens with zero attached hydrogens (tertiary/aromatic N) is 4. The van der Waals surface area contributed by atoms with Crippen LogP contribution in [0.25, 0.3) is 16.9 Å². The van der Waals surface area contributed by atoms with Crippen LogP contribution in [0.1, 0.15) is 24.8 Å². The minimum absolute atomic E-state index is 0.840. The summed E-state index contributed by atoms with van der Waals surface area (Å²) in [6, 6.07) is 18.6. The van der Waals surface area contributed by atoms with E-state index in [1.165, 1.54) is 31.4 Å². The summed E-state index contributed by atoms with van der Waals surface area (Å²) in [4.78, 5) is 5.17. The Morgan fingerprint density at radius 1 is 0.912 bits per heavy atom. The number of ether oxygens (including phenoxy) is 2. The van der Waals surface area contributed by atoms with Crippen LogP contribution >= 0.6 is 0 Å². The van der Waals surface area contributed by atoms with Gasteiger partial charge >= 0.3 is 0 Å². The Balaban J connectivity index is 1.25. The highest BCUT2D eigenvalue weighted by molar-refractivity contribution is 5.64. The predicted octanol–water partition coefficient (Wildman–Crippen LogP) is 4.48. The number of morpholine rings is 1. The number of benzene rings is 2. The van der Waals surface area contributed by atoms with Crippen LogP contribution in [0.3, 0.4) is 0 Å². The molecule has 5 rings (SSSR count). The van der Waals surface area contributed by atoms with E-state index in [1.807, 2.05) is 22.9 Å². The van der Waals surface area contributed by atoms with Crippen LogP contribution in [0.4, 0.5) is 0 Å². The van der Waals surface area contributed by atoms with E-state index in [0.717, 1.165) is 74.5 Å². The van der Waals surface area contributed by atoms with Crippen molar-refractivity contribution in [1.29, 1.82) is 0 Å². The molecule has 0 amide bonds. The van der Waals surface area contributed by atoms with E-state index < -0.39 is 0 Å². The molecule has 0 aliphatic carbocycles. The highest BCUT2D eigenvalue weighted by Gasteiger charge is 2.22. The van der Waals surface area contributed by atoms with E-state index in [2.05, 4.69) is 52.4 Å². The number of piperidine rings is 1.